The predicted octanol–water partition coefficient (Wildman–Crippen LogP) is -2.05. The molecular formula is C7H14N2O5S. The minimum absolute atomic E-state index is 0.0360. The van der Waals surface area contributed by atoms with Crippen molar-refractivity contribution in [3.8, 4) is 0 Å². The fourth-order valence-electron chi connectivity index (χ4n) is 0.737. The number of carboxylic acids is 2. The van der Waals surface area contributed by atoms with Gasteiger partial charge in [0.2, 0.25) is 0 Å². The van der Waals surface area contributed by atoms with Crippen LogP contribution in [0.1, 0.15) is 6.42 Å². The second-order valence-electron chi connectivity index (χ2n) is 2.99. The van der Waals surface area contributed by atoms with Gasteiger partial charge in [0.05, 0.1) is 0 Å². The molecule has 0 saturated heterocycles. The first-order valence-electron chi connectivity index (χ1n) is 4.16. The molecule has 0 radical (unpaired) electrons. The lowest BCUT2D eigenvalue weighted by atomic mass is 10.2. The molecule has 7 nitrogen and oxygen atoms in total. The number of carboxylic acid groups (broad SMARTS) is 2. The van der Waals surface area contributed by atoms with Crippen molar-refractivity contribution in [2.24, 2.45) is 11.5 Å². The summed E-state index contributed by atoms with van der Waals surface area (Å²) in [5.41, 5.74) is 10.3. The molecule has 0 heterocycles. The predicted molar refractivity (Wildman–Crippen MR) is 53.7 cm³/mol. The summed E-state index contributed by atoms with van der Waals surface area (Å²) in [6.07, 6.45) is 0.0360. The Labute approximate surface area is 88.9 Å². The maximum absolute atomic E-state index is 11.2. The fourth-order valence-corrected chi connectivity index (χ4v) is 1.96. The topological polar surface area (TPSA) is 144 Å². The molecule has 88 valence electrons. The molecule has 0 aliphatic rings. The maximum Gasteiger partial charge on any atom is 0.321 e. The zero-order valence-corrected chi connectivity index (χ0v) is 8.77. The van der Waals surface area contributed by atoms with E-state index in [4.69, 9.17) is 21.7 Å². The van der Waals surface area contributed by atoms with E-state index in [1.54, 1.807) is 0 Å². The molecular weight excluding hydrogens is 224 g/mol. The summed E-state index contributed by atoms with van der Waals surface area (Å²) in [6.45, 7) is 0. The van der Waals surface area contributed by atoms with Crippen LogP contribution in [0.5, 0.6) is 0 Å². The third-order valence-electron chi connectivity index (χ3n) is 1.66. The first kappa shape index (κ1) is 14.0. The average molecular weight is 238 g/mol. The average Bonchev–Trinajstić information content (AvgIpc) is 2.13. The van der Waals surface area contributed by atoms with Crippen LogP contribution in [0.25, 0.3) is 0 Å². The number of hydrogen-bond acceptors (Lipinski definition) is 5. The molecule has 3 atom stereocenters. The number of carbonyl (C=O) groups is 2. The van der Waals surface area contributed by atoms with Crippen molar-refractivity contribution < 1.29 is 24.0 Å². The van der Waals surface area contributed by atoms with Gasteiger partial charge in [0, 0.05) is 22.3 Å². The smallest absolute Gasteiger partial charge is 0.321 e. The Balaban J connectivity index is 3.85. The van der Waals surface area contributed by atoms with E-state index < -0.39 is 34.8 Å². The summed E-state index contributed by atoms with van der Waals surface area (Å²) in [7, 11) is -1.46. The highest BCUT2D eigenvalue weighted by molar-refractivity contribution is 7.85. The molecule has 0 rings (SSSR count). The molecule has 0 amide bonds. The lowest BCUT2D eigenvalue weighted by Gasteiger charge is -2.08. The Morgan fingerprint density at radius 2 is 1.60 bits per heavy atom. The number of nitrogens with two attached hydrogens (primary N) is 2. The van der Waals surface area contributed by atoms with E-state index in [0.29, 0.717) is 0 Å². The van der Waals surface area contributed by atoms with E-state index in [2.05, 4.69) is 0 Å². The van der Waals surface area contributed by atoms with E-state index in [9.17, 15) is 13.8 Å². The van der Waals surface area contributed by atoms with Crippen LogP contribution in [-0.2, 0) is 20.4 Å². The van der Waals surface area contributed by atoms with Gasteiger partial charge in [0.1, 0.15) is 12.1 Å². The van der Waals surface area contributed by atoms with Crippen molar-refractivity contribution in [1.82, 2.24) is 0 Å². The van der Waals surface area contributed by atoms with Gasteiger partial charge in [0.15, 0.2) is 0 Å². The summed E-state index contributed by atoms with van der Waals surface area (Å²) in [6, 6.07) is -2.26. The van der Waals surface area contributed by atoms with Gasteiger partial charge in [-0.3, -0.25) is 13.8 Å². The quantitative estimate of drug-likeness (QED) is 0.399. The second kappa shape index (κ2) is 6.49. The third kappa shape index (κ3) is 6.15. The zero-order valence-electron chi connectivity index (χ0n) is 7.96. The second-order valence-corrected chi connectivity index (χ2v) is 4.61. The van der Waals surface area contributed by atoms with Crippen molar-refractivity contribution in [3.63, 3.8) is 0 Å². The Morgan fingerprint density at radius 1 is 1.13 bits per heavy atom. The summed E-state index contributed by atoms with van der Waals surface area (Å²) in [5.74, 6) is -2.56. The molecule has 0 aliphatic heterocycles. The zero-order chi connectivity index (χ0) is 12.0. The van der Waals surface area contributed by atoms with Crippen LogP contribution in [0.2, 0.25) is 0 Å². The molecule has 6 N–H and O–H groups in total. The summed E-state index contributed by atoms with van der Waals surface area (Å²) >= 11 is 0. The molecule has 15 heavy (non-hydrogen) atoms. The number of aliphatic carboxylic acids is 2. The van der Waals surface area contributed by atoms with Gasteiger partial charge in [-0.2, -0.15) is 0 Å². The van der Waals surface area contributed by atoms with Crippen molar-refractivity contribution in [3.05, 3.63) is 0 Å². The number of hydrogen-bond donors (Lipinski definition) is 4. The molecule has 0 saturated carbocycles. The van der Waals surface area contributed by atoms with Crippen LogP contribution >= 0.6 is 0 Å². The van der Waals surface area contributed by atoms with Gasteiger partial charge < -0.3 is 21.7 Å². The van der Waals surface area contributed by atoms with Gasteiger partial charge in [-0.05, 0) is 6.42 Å². The normalized spacial score (nSPS) is 16.7. The van der Waals surface area contributed by atoms with Crippen molar-refractivity contribution in [2.45, 2.75) is 18.5 Å². The highest BCUT2D eigenvalue weighted by Gasteiger charge is 2.17. The molecule has 0 unspecified atom stereocenters. The molecule has 0 bridgehead atoms. The molecule has 0 fully saturated rings. The maximum atomic E-state index is 11.2. The van der Waals surface area contributed by atoms with Gasteiger partial charge >= 0.3 is 11.9 Å². The van der Waals surface area contributed by atoms with Crippen molar-refractivity contribution in [2.75, 3.05) is 11.5 Å². The first-order chi connectivity index (χ1) is 6.84. The summed E-state index contributed by atoms with van der Waals surface area (Å²) in [4.78, 5) is 20.6. The Hall–Kier alpha value is -0.990. The largest absolute Gasteiger partial charge is 0.480 e. The Kier molecular flexibility index (Phi) is 6.06. The van der Waals surface area contributed by atoms with E-state index in [0.717, 1.165) is 0 Å². The minimum atomic E-state index is -1.46. The molecule has 0 aromatic carbocycles. The third-order valence-corrected chi connectivity index (χ3v) is 3.08. The van der Waals surface area contributed by atoms with Crippen LogP contribution in [-0.4, -0.2) is 49.9 Å². The molecule has 0 aliphatic carbocycles. The monoisotopic (exact) mass is 238 g/mol. The van der Waals surface area contributed by atoms with Crippen LogP contribution in [0.4, 0.5) is 0 Å². The van der Waals surface area contributed by atoms with E-state index in [1.165, 1.54) is 0 Å². The fraction of sp³-hybridized carbons (Fsp3) is 0.714. The molecule has 8 heteroatoms. The highest BCUT2D eigenvalue weighted by Crippen LogP contribution is 1.95. The molecule has 0 spiro atoms. The lowest BCUT2D eigenvalue weighted by molar-refractivity contribution is -0.139. The minimum Gasteiger partial charge on any atom is -0.480 e. The van der Waals surface area contributed by atoms with Gasteiger partial charge in [-0.15, -0.1) is 0 Å². The number of rotatable bonds is 7. The van der Waals surface area contributed by atoms with Crippen molar-refractivity contribution in [1.29, 1.82) is 0 Å². The van der Waals surface area contributed by atoms with Crippen LogP contribution in [0, 0.1) is 0 Å². The van der Waals surface area contributed by atoms with Gasteiger partial charge in [0.25, 0.3) is 0 Å². The van der Waals surface area contributed by atoms with Crippen LogP contribution in [0.15, 0.2) is 0 Å². The van der Waals surface area contributed by atoms with Crippen LogP contribution < -0.4 is 11.5 Å². The Bertz CT molecular complexity index is 270. The Morgan fingerprint density at radius 3 is 2.00 bits per heavy atom. The highest BCUT2D eigenvalue weighted by atomic mass is 32.2. The standard InChI is InChI=1S/C7H14N2O5S/c8-4(6(10)11)1-2-15(14)3-5(9)7(12)13/h4-5H,1-3,8-9H2,(H,10,11)(H,12,13)/t4-,5+,15-/m0/s1. The first-order valence-corrected chi connectivity index (χ1v) is 5.65. The lowest BCUT2D eigenvalue weighted by Crippen LogP contribution is -2.37. The molecule has 0 aromatic rings. The van der Waals surface area contributed by atoms with Gasteiger partial charge in [-0.1, -0.05) is 0 Å². The van der Waals surface area contributed by atoms with Crippen molar-refractivity contribution >= 4 is 22.7 Å². The van der Waals surface area contributed by atoms with Gasteiger partial charge in [-0.25, -0.2) is 0 Å². The van der Waals surface area contributed by atoms with Crippen LogP contribution in [0.3, 0.4) is 0 Å². The van der Waals surface area contributed by atoms with E-state index in [-0.39, 0.29) is 17.9 Å². The molecule has 0 aromatic heterocycles. The SMILES string of the molecule is N[C@H](C[S@@](=O)CC[C@H](N)C(=O)O)C(=O)O. The summed E-state index contributed by atoms with van der Waals surface area (Å²) in [5, 5.41) is 16.8. The van der Waals surface area contributed by atoms with E-state index in [1.807, 2.05) is 0 Å². The summed E-state index contributed by atoms with van der Waals surface area (Å²) < 4.78 is 11.2. The van der Waals surface area contributed by atoms with E-state index >= 15 is 0 Å².